The first-order valence-corrected chi connectivity index (χ1v) is 7.92. The quantitative estimate of drug-likeness (QED) is 0.749. The summed E-state index contributed by atoms with van der Waals surface area (Å²) in [5.41, 5.74) is 7.30. The fourth-order valence-electron chi connectivity index (χ4n) is 1.71. The summed E-state index contributed by atoms with van der Waals surface area (Å²) in [6.07, 6.45) is 0.763. The summed E-state index contributed by atoms with van der Waals surface area (Å²) in [5.74, 6) is 0. The van der Waals surface area contributed by atoms with Gasteiger partial charge in [0.15, 0.2) is 0 Å². The maximum absolute atomic E-state index is 12.2. The Labute approximate surface area is 116 Å². The van der Waals surface area contributed by atoms with Gasteiger partial charge < -0.3 is 5.73 Å². The van der Waals surface area contributed by atoms with Crippen molar-refractivity contribution in [2.45, 2.75) is 39.8 Å². The number of nitrogens with two attached hydrogens (primary N) is 1. The monoisotopic (exact) mass is 285 g/mol. The van der Waals surface area contributed by atoms with Crippen LogP contribution in [0.25, 0.3) is 0 Å². The molecular formula is C13H23N3O2S. The van der Waals surface area contributed by atoms with E-state index in [1.165, 1.54) is 4.31 Å². The third-order valence-corrected chi connectivity index (χ3v) is 4.54. The van der Waals surface area contributed by atoms with Crippen LogP contribution in [0.2, 0.25) is 0 Å². The van der Waals surface area contributed by atoms with E-state index < -0.39 is 10.2 Å². The van der Waals surface area contributed by atoms with Crippen LogP contribution in [0, 0.1) is 0 Å². The highest BCUT2D eigenvalue weighted by molar-refractivity contribution is 7.87. The summed E-state index contributed by atoms with van der Waals surface area (Å²) in [6, 6.07) is 7.19. The number of anilines is 1. The fourth-order valence-corrected chi connectivity index (χ4v) is 3.20. The van der Waals surface area contributed by atoms with Crippen LogP contribution in [0.5, 0.6) is 0 Å². The van der Waals surface area contributed by atoms with Crippen molar-refractivity contribution >= 4 is 15.9 Å². The highest BCUT2D eigenvalue weighted by atomic mass is 32.2. The van der Waals surface area contributed by atoms with Crippen molar-refractivity contribution in [2.24, 2.45) is 0 Å². The molecule has 3 N–H and O–H groups in total. The molecule has 0 aromatic heterocycles. The minimum absolute atomic E-state index is 0.131. The van der Waals surface area contributed by atoms with Crippen molar-refractivity contribution in [2.75, 3.05) is 12.3 Å². The smallest absolute Gasteiger partial charge is 0.279 e. The van der Waals surface area contributed by atoms with E-state index >= 15 is 0 Å². The molecule has 0 unspecified atom stereocenters. The fraction of sp³-hybridized carbons (Fsp3) is 0.538. The Bertz CT molecular complexity index is 500. The minimum atomic E-state index is -3.47. The first kappa shape index (κ1) is 15.9. The molecule has 1 rings (SSSR count). The average molecular weight is 285 g/mol. The first-order chi connectivity index (χ1) is 8.88. The van der Waals surface area contributed by atoms with Crippen LogP contribution >= 0.6 is 0 Å². The van der Waals surface area contributed by atoms with Gasteiger partial charge in [0.1, 0.15) is 0 Å². The van der Waals surface area contributed by atoms with E-state index in [9.17, 15) is 8.42 Å². The lowest BCUT2D eigenvalue weighted by Gasteiger charge is -2.26. The van der Waals surface area contributed by atoms with E-state index in [1.54, 1.807) is 6.07 Å². The summed E-state index contributed by atoms with van der Waals surface area (Å²) in [7, 11) is -3.47. The zero-order chi connectivity index (χ0) is 14.5. The number of nitrogen functional groups attached to an aromatic ring is 1. The van der Waals surface area contributed by atoms with Crippen LogP contribution in [-0.4, -0.2) is 25.3 Å². The molecule has 0 aliphatic carbocycles. The van der Waals surface area contributed by atoms with Gasteiger partial charge in [0, 0.05) is 24.8 Å². The summed E-state index contributed by atoms with van der Waals surface area (Å²) in [5, 5.41) is 0. The lowest BCUT2D eigenvalue weighted by Crippen LogP contribution is -2.44. The molecule has 1 aromatic rings. The summed E-state index contributed by atoms with van der Waals surface area (Å²) in [6.45, 7) is 6.35. The zero-order valence-electron chi connectivity index (χ0n) is 11.8. The Balaban J connectivity index is 2.94. The van der Waals surface area contributed by atoms with Gasteiger partial charge in [-0.05, 0) is 31.9 Å². The zero-order valence-corrected chi connectivity index (χ0v) is 12.6. The molecule has 0 saturated carbocycles. The highest BCUT2D eigenvalue weighted by Gasteiger charge is 2.24. The Morgan fingerprint density at radius 2 is 1.95 bits per heavy atom. The molecule has 1 aromatic carbocycles. The van der Waals surface area contributed by atoms with Crippen molar-refractivity contribution in [3.05, 3.63) is 29.8 Å². The van der Waals surface area contributed by atoms with Gasteiger partial charge in [-0.25, -0.2) is 4.72 Å². The average Bonchev–Trinajstić information content (AvgIpc) is 2.34. The van der Waals surface area contributed by atoms with Gasteiger partial charge in [0.25, 0.3) is 10.2 Å². The molecule has 0 aliphatic heterocycles. The minimum Gasteiger partial charge on any atom is -0.398 e. The SMILES string of the molecule is CCCNS(=O)(=O)N(Cc1ccccc1N)C(C)C. The molecule has 19 heavy (non-hydrogen) atoms. The third-order valence-electron chi connectivity index (χ3n) is 2.80. The van der Waals surface area contributed by atoms with E-state index in [-0.39, 0.29) is 12.6 Å². The molecule has 0 aliphatic rings. The van der Waals surface area contributed by atoms with E-state index in [1.807, 2.05) is 39.0 Å². The first-order valence-electron chi connectivity index (χ1n) is 6.48. The largest absolute Gasteiger partial charge is 0.398 e. The lowest BCUT2D eigenvalue weighted by atomic mass is 10.2. The molecule has 0 amide bonds. The Kier molecular flexibility index (Phi) is 5.78. The number of rotatable bonds is 7. The van der Waals surface area contributed by atoms with Crippen LogP contribution in [0.4, 0.5) is 5.69 Å². The maximum Gasteiger partial charge on any atom is 0.279 e. The summed E-state index contributed by atoms with van der Waals surface area (Å²) >= 11 is 0. The van der Waals surface area contributed by atoms with E-state index in [0.717, 1.165) is 12.0 Å². The number of nitrogens with one attached hydrogen (secondary N) is 1. The second-order valence-electron chi connectivity index (χ2n) is 4.74. The Morgan fingerprint density at radius 3 is 2.47 bits per heavy atom. The highest BCUT2D eigenvalue weighted by Crippen LogP contribution is 2.17. The molecule has 5 nitrogen and oxygen atoms in total. The van der Waals surface area contributed by atoms with Crippen molar-refractivity contribution < 1.29 is 8.42 Å². The van der Waals surface area contributed by atoms with Crippen LogP contribution in [0.1, 0.15) is 32.8 Å². The molecule has 0 bridgehead atoms. The number of nitrogens with zero attached hydrogens (tertiary/aromatic N) is 1. The molecule has 0 heterocycles. The van der Waals surface area contributed by atoms with Gasteiger partial charge in [-0.15, -0.1) is 0 Å². The molecule has 108 valence electrons. The molecule has 0 atom stereocenters. The molecule has 0 radical (unpaired) electrons. The van der Waals surface area contributed by atoms with Crippen molar-refractivity contribution in [3.8, 4) is 0 Å². The van der Waals surface area contributed by atoms with Crippen LogP contribution in [-0.2, 0) is 16.8 Å². The van der Waals surface area contributed by atoms with Crippen LogP contribution in [0.3, 0.4) is 0 Å². The lowest BCUT2D eigenvalue weighted by molar-refractivity contribution is 0.342. The Morgan fingerprint density at radius 1 is 1.32 bits per heavy atom. The van der Waals surface area contributed by atoms with Gasteiger partial charge in [0.2, 0.25) is 0 Å². The predicted octanol–water partition coefficient (Wildman–Crippen LogP) is 1.72. The van der Waals surface area contributed by atoms with E-state index in [2.05, 4.69) is 4.72 Å². The predicted molar refractivity (Wildman–Crippen MR) is 78.7 cm³/mol. The van der Waals surface area contributed by atoms with Crippen molar-refractivity contribution in [1.82, 2.24) is 9.03 Å². The van der Waals surface area contributed by atoms with Gasteiger partial charge in [-0.3, -0.25) is 0 Å². The maximum atomic E-state index is 12.2. The summed E-state index contributed by atoms with van der Waals surface area (Å²) in [4.78, 5) is 0. The van der Waals surface area contributed by atoms with Gasteiger partial charge >= 0.3 is 0 Å². The number of benzene rings is 1. The van der Waals surface area contributed by atoms with Crippen molar-refractivity contribution in [3.63, 3.8) is 0 Å². The number of para-hydroxylation sites is 1. The van der Waals surface area contributed by atoms with Gasteiger partial charge in [0.05, 0.1) is 0 Å². The molecule has 0 fully saturated rings. The van der Waals surface area contributed by atoms with Gasteiger partial charge in [-0.2, -0.15) is 12.7 Å². The van der Waals surface area contributed by atoms with E-state index in [0.29, 0.717) is 12.2 Å². The van der Waals surface area contributed by atoms with Crippen LogP contribution < -0.4 is 10.5 Å². The topological polar surface area (TPSA) is 75.4 Å². The standard InChI is InChI=1S/C13H23N3O2S/c1-4-9-15-19(17,18)16(11(2)3)10-12-7-5-6-8-13(12)14/h5-8,11,15H,4,9-10,14H2,1-3H3. The number of hydrogen-bond donors (Lipinski definition) is 2. The normalized spacial score (nSPS) is 12.3. The molecule has 0 spiro atoms. The molecular weight excluding hydrogens is 262 g/mol. The van der Waals surface area contributed by atoms with Crippen molar-refractivity contribution in [1.29, 1.82) is 0 Å². The van der Waals surface area contributed by atoms with E-state index in [4.69, 9.17) is 5.73 Å². The van der Waals surface area contributed by atoms with Gasteiger partial charge in [-0.1, -0.05) is 25.1 Å². The Hall–Kier alpha value is -1.11. The summed E-state index contributed by atoms with van der Waals surface area (Å²) < 4.78 is 28.5. The molecule has 6 heteroatoms. The number of hydrogen-bond acceptors (Lipinski definition) is 3. The third kappa shape index (κ3) is 4.49. The second kappa shape index (κ2) is 6.88. The van der Waals surface area contributed by atoms with Crippen LogP contribution in [0.15, 0.2) is 24.3 Å². The second-order valence-corrected chi connectivity index (χ2v) is 6.44. The molecule has 0 saturated heterocycles.